The Bertz CT molecular complexity index is 548. The summed E-state index contributed by atoms with van der Waals surface area (Å²) < 4.78 is 0. The molecule has 3 heterocycles. The van der Waals surface area contributed by atoms with E-state index < -0.39 is 0 Å². The molecule has 1 aliphatic rings. The molecule has 0 amide bonds. The third-order valence-corrected chi connectivity index (χ3v) is 4.99. The first-order chi connectivity index (χ1) is 10.8. The van der Waals surface area contributed by atoms with Gasteiger partial charge in [-0.2, -0.15) is 5.10 Å². The number of nitrogens with zero attached hydrogens (tertiary/aromatic N) is 2. The maximum atomic E-state index is 10.2. The van der Waals surface area contributed by atoms with Crippen molar-refractivity contribution >= 4 is 11.3 Å². The number of aliphatic hydroxyl groups is 1. The Labute approximate surface area is 135 Å². The average molecular weight is 320 g/mol. The van der Waals surface area contributed by atoms with Crippen molar-refractivity contribution < 1.29 is 5.11 Å². The molecule has 6 heteroatoms. The van der Waals surface area contributed by atoms with Crippen LogP contribution in [-0.4, -0.2) is 52.5 Å². The summed E-state index contributed by atoms with van der Waals surface area (Å²) in [6.45, 7) is 4.37. The standard InChI is InChI=1S/C16H24N4OS/c21-14(12-20-6-2-1-3-7-20)11-17-9-13-10-18-19-16(13)15-5-4-8-22-15/h4-5,8,10,14,17,21H,1-3,6-7,9,11-12H2,(H,18,19). The molecular formula is C16H24N4OS. The van der Waals surface area contributed by atoms with Gasteiger partial charge in [-0.15, -0.1) is 11.3 Å². The topological polar surface area (TPSA) is 64.2 Å². The van der Waals surface area contributed by atoms with Crippen LogP contribution in [0, 0.1) is 0 Å². The molecule has 22 heavy (non-hydrogen) atoms. The van der Waals surface area contributed by atoms with E-state index in [9.17, 15) is 5.11 Å². The molecule has 1 saturated heterocycles. The van der Waals surface area contributed by atoms with Crippen molar-refractivity contribution in [1.82, 2.24) is 20.4 Å². The molecule has 0 aliphatic carbocycles. The van der Waals surface area contributed by atoms with Gasteiger partial charge in [-0.25, -0.2) is 0 Å². The molecule has 1 atom stereocenters. The number of aromatic nitrogens is 2. The van der Waals surface area contributed by atoms with Crippen LogP contribution in [0.25, 0.3) is 10.6 Å². The molecule has 2 aromatic rings. The maximum absolute atomic E-state index is 10.2. The third kappa shape index (κ3) is 4.16. The number of likely N-dealkylation sites (tertiary alicyclic amines) is 1. The van der Waals surface area contributed by atoms with Crippen molar-refractivity contribution in [1.29, 1.82) is 0 Å². The van der Waals surface area contributed by atoms with Crippen LogP contribution in [0.1, 0.15) is 24.8 Å². The fourth-order valence-corrected chi connectivity index (χ4v) is 3.71. The van der Waals surface area contributed by atoms with Gasteiger partial charge in [0.05, 0.1) is 22.9 Å². The minimum Gasteiger partial charge on any atom is -0.390 e. The molecule has 3 rings (SSSR count). The number of hydrogen-bond acceptors (Lipinski definition) is 5. The number of aliphatic hydroxyl groups excluding tert-OH is 1. The Kier molecular flexibility index (Phi) is 5.61. The Morgan fingerprint density at radius 1 is 1.36 bits per heavy atom. The molecule has 5 nitrogen and oxygen atoms in total. The van der Waals surface area contributed by atoms with Gasteiger partial charge in [-0.1, -0.05) is 12.5 Å². The first kappa shape index (κ1) is 15.7. The molecule has 3 N–H and O–H groups in total. The van der Waals surface area contributed by atoms with Gasteiger partial charge in [0, 0.05) is 25.2 Å². The molecule has 2 aromatic heterocycles. The first-order valence-electron chi connectivity index (χ1n) is 8.00. The zero-order valence-electron chi connectivity index (χ0n) is 12.8. The second kappa shape index (κ2) is 7.87. The van der Waals surface area contributed by atoms with Crippen LogP contribution in [0.2, 0.25) is 0 Å². The Morgan fingerprint density at radius 2 is 2.23 bits per heavy atom. The summed E-state index contributed by atoms with van der Waals surface area (Å²) in [6, 6.07) is 4.13. The van der Waals surface area contributed by atoms with Crippen LogP contribution in [0.15, 0.2) is 23.7 Å². The Morgan fingerprint density at radius 3 is 3.00 bits per heavy atom. The number of aromatic amines is 1. The van der Waals surface area contributed by atoms with Gasteiger partial charge < -0.3 is 15.3 Å². The minimum absolute atomic E-state index is 0.310. The molecular weight excluding hydrogens is 296 g/mol. The van der Waals surface area contributed by atoms with E-state index in [1.54, 1.807) is 11.3 Å². The fraction of sp³-hybridized carbons (Fsp3) is 0.562. The van der Waals surface area contributed by atoms with E-state index in [2.05, 4.69) is 31.9 Å². The Hall–Kier alpha value is -1.21. The first-order valence-corrected chi connectivity index (χ1v) is 8.88. The van der Waals surface area contributed by atoms with E-state index in [1.807, 2.05) is 12.3 Å². The van der Waals surface area contributed by atoms with E-state index >= 15 is 0 Å². The van der Waals surface area contributed by atoms with Crippen LogP contribution < -0.4 is 5.32 Å². The van der Waals surface area contributed by atoms with Gasteiger partial charge in [0.15, 0.2) is 0 Å². The summed E-state index contributed by atoms with van der Waals surface area (Å²) in [5.41, 5.74) is 2.22. The Balaban J connectivity index is 1.44. The predicted molar refractivity (Wildman–Crippen MR) is 89.9 cm³/mol. The van der Waals surface area contributed by atoms with Crippen molar-refractivity contribution in [2.45, 2.75) is 31.9 Å². The SMILES string of the molecule is OC(CNCc1cn[nH]c1-c1cccs1)CN1CCCCC1. The summed E-state index contributed by atoms with van der Waals surface area (Å²) >= 11 is 1.70. The number of β-amino-alcohol motifs (C(OH)–C–C–N with tert-alkyl or cyclic N) is 1. The van der Waals surface area contributed by atoms with Crippen molar-refractivity contribution in [3.8, 4) is 10.6 Å². The van der Waals surface area contributed by atoms with E-state index in [-0.39, 0.29) is 6.10 Å². The molecule has 0 aromatic carbocycles. The van der Waals surface area contributed by atoms with E-state index in [0.717, 1.165) is 37.4 Å². The maximum Gasteiger partial charge on any atom is 0.0794 e. The number of H-pyrrole nitrogens is 1. The summed E-state index contributed by atoms with van der Waals surface area (Å²) in [7, 11) is 0. The lowest BCUT2D eigenvalue weighted by Gasteiger charge is -2.28. The van der Waals surface area contributed by atoms with E-state index in [0.29, 0.717) is 6.54 Å². The second-order valence-electron chi connectivity index (χ2n) is 5.89. The molecule has 1 fully saturated rings. The molecule has 0 radical (unpaired) electrons. The number of nitrogens with one attached hydrogen (secondary N) is 2. The highest BCUT2D eigenvalue weighted by Crippen LogP contribution is 2.25. The van der Waals surface area contributed by atoms with Crippen molar-refractivity contribution in [3.63, 3.8) is 0 Å². The lowest BCUT2D eigenvalue weighted by atomic mass is 10.1. The highest BCUT2D eigenvalue weighted by Gasteiger charge is 2.15. The summed E-state index contributed by atoms with van der Waals surface area (Å²) in [5.74, 6) is 0. The van der Waals surface area contributed by atoms with Crippen LogP contribution in [0.3, 0.4) is 0 Å². The molecule has 120 valence electrons. The molecule has 0 spiro atoms. The second-order valence-corrected chi connectivity index (χ2v) is 6.84. The quantitative estimate of drug-likeness (QED) is 0.731. The molecule has 0 saturated carbocycles. The van der Waals surface area contributed by atoms with Crippen LogP contribution in [0.5, 0.6) is 0 Å². The van der Waals surface area contributed by atoms with Gasteiger partial charge in [0.25, 0.3) is 0 Å². The number of hydrogen-bond donors (Lipinski definition) is 3. The van der Waals surface area contributed by atoms with Crippen molar-refractivity contribution in [2.24, 2.45) is 0 Å². The van der Waals surface area contributed by atoms with E-state index in [1.165, 1.54) is 24.1 Å². The fourth-order valence-electron chi connectivity index (χ4n) is 2.96. The minimum atomic E-state index is -0.310. The smallest absolute Gasteiger partial charge is 0.0794 e. The summed E-state index contributed by atoms with van der Waals surface area (Å²) in [6.07, 6.45) is 5.41. The lowest BCUT2D eigenvalue weighted by Crippen LogP contribution is -2.40. The third-order valence-electron chi connectivity index (χ3n) is 4.10. The van der Waals surface area contributed by atoms with Crippen LogP contribution in [0.4, 0.5) is 0 Å². The average Bonchev–Trinajstić information content (AvgIpc) is 3.19. The largest absolute Gasteiger partial charge is 0.390 e. The number of thiophene rings is 1. The highest BCUT2D eigenvalue weighted by molar-refractivity contribution is 7.13. The molecule has 0 bridgehead atoms. The van der Waals surface area contributed by atoms with Gasteiger partial charge in [0.2, 0.25) is 0 Å². The predicted octanol–water partition coefficient (Wildman–Crippen LogP) is 2.07. The normalized spacial score (nSPS) is 17.7. The van der Waals surface area contributed by atoms with Gasteiger partial charge in [-0.3, -0.25) is 5.10 Å². The van der Waals surface area contributed by atoms with Gasteiger partial charge in [-0.05, 0) is 37.4 Å². The lowest BCUT2D eigenvalue weighted by molar-refractivity contribution is 0.1000. The van der Waals surface area contributed by atoms with Gasteiger partial charge >= 0.3 is 0 Å². The number of piperidine rings is 1. The van der Waals surface area contributed by atoms with E-state index in [4.69, 9.17) is 0 Å². The van der Waals surface area contributed by atoms with Crippen molar-refractivity contribution in [2.75, 3.05) is 26.2 Å². The monoisotopic (exact) mass is 320 g/mol. The summed E-state index contributed by atoms with van der Waals surface area (Å²) in [5, 5.41) is 22.8. The number of rotatable bonds is 7. The zero-order chi connectivity index (χ0) is 15.2. The van der Waals surface area contributed by atoms with Crippen LogP contribution >= 0.6 is 11.3 Å². The zero-order valence-corrected chi connectivity index (χ0v) is 13.6. The molecule has 1 unspecified atom stereocenters. The van der Waals surface area contributed by atoms with Crippen LogP contribution in [-0.2, 0) is 6.54 Å². The molecule has 1 aliphatic heterocycles. The summed E-state index contributed by atoms with van der Waals surface area (Å²) in [4.78, 5) is 3.56. The van der Waals surface area contributed by atoms with Crippen molar-refractivity contribution in [3.05, 3.63) is 29.3 Å². The highest BCUT2D eigenvalue weighted by atomic mass is 32.1. The van der Waals surface area contributed by atoms with Gasteiger partial charge in [0.1, 0.15) is 0 Å².